The standard InChI is InChI=1S/C12H14O4/c1-2-3-8-6-7-4-5-9(13)11(14)10(7)12(15)16-8/h4-5,8,13-14H,2-3,6H2,1H3/t8-/m1/s1. The summed E-state index contributed by atoms with van der Waals surface area (Å²) in [5.41, 5.74) is 0.845. The van der Waals surface area contributed by atoms with Gasteiger partial charge in [-0.15, -0.1) is 0 Å². The molecule has 1 atom stereocenters. The smallest absolute Gasteiger partial charge is 0.342 e. The van der Waals surface area contributed by atoms with Crippen LogP contribution >= 0.6 is 0 Å². The normalized spacial score (nSPS) is 19.1. The van der Waals surface area contributed by atoms with Gasteiger partial charge >= 0.3 is 5.97 Å². The van der Waals surface area contributed by atoms with Crippen LogP contribution in [0.15, 0.2) is 12.1 Å². The third kappa shape index (κ3) is 1.71. The van der Waals surface area contributed by atoms with Gasteiger partial charge in [0.25, 0.3) is 0 Å². The number of hydrogen-bond acceptors (Lipinski definition) is 4. The van der Waals surface area contributed by atoms with Gasteiger partial charge in [0.2, 0.25) is 0 Å². The highest BCUT2D eigenvalue weighted by Gasteiger charge is 2.29. The van der Waals surface area contributed by atoms with E-state index in [1.165, 1.54) is 6.07 Å². The minimum atomic E-state index is -0.548. The van der Waals surface area contributed by atoms with Gasteiger partial charge in [-0.2, -0.15) is 0 Å². The van der Waals surface area contributed by atoms with E-state index in [9.17, 15) is 15.0 Å². The Bertz CT molecular complexity index is 425. The number of rotatable bonds is 2. The van der Waals surface area contributed by atoms with Gasteiger partial charge in [0.1, 0.15) is 11.7 Å². The topological polar surface area (TPSA) is 66.8 Å². The van der Waals surface area contributed by atoms with E-state index in [1.807, 2.05) is 6.92 Å². The number of phenols is 2. The van der Waals surface area contributed by atoms with E-state index in [-0.39, 0.29) is 23.2 Å². The molecule has 1 aromatic carbocycles. The van der Waals surface area contributed by atoms with Gasteiger partial charge < -0.3 is 14.9 Å². The lowest BCUT2D eigenvalue weighted by atomic mass is 9.95. The van der Waals surface area contributed by atoms with E-state index in [4.69, 9.17) is 4.74 Å². The second-order valence-corrected chi connectivity index (χ2v) is 3.99. The number of carbonyl (C=O) groups excluding carboxylic acids is 1. The summed E-state index contributed by atoms with van der Waals surface area (Å²) in [6.45, 7) is 2.03. The number of carbonyl (C=O) groups is 1. The zero-order valence-corrected chi connectivity index (χ0v) is 9.06. The maximum absolute atomic E-state index is 11.7. The van der Waals surface area contributed by atoms with Gasteiger partial charge in [0.05, 0.1) is 0 Å². The van der Waals surface area contributed by atoms with Gasteiger partial charge in [0, 0.05) is 6.42 Å². The van der Waals surface area contributed by atoms with Crippen molar-refractivity contribution in [2.45, 2.75) is 32.3 Å². The molecule has 2 rings (SSSR count). The van der Waals surface area contributed by atoms with E-state index >= 15 is 0 Å². The molecule has 86 valence electrons. The van der Waals surface area contributed by atoms with Crippen LogP contribution in [0.4, 0.5) is 0 Å². The van der Waals surface area contributed by atoms with Crippen LogP contribution in [0, 0.1) is 0 Å². The van der Waals surface area contributed by atoms with Crippen LogP contribution in [-0.4, -0.2) is 22.3 Å². The van der Waals surface area contributed by atoms with Crippen molar-refractivity contribution >= 4 is 5.97 Å². The Morgan fingerprint density at radius 3 is 2.88 bits per heavy atom. The van der Waals surface area contributed by atoms with Crippen LogP contribution < -0.4 is 0 Å². The minimum absolute atomic E-state index is 0.104. The molecule has 1 heterocycles. The highest BCUT2D eigenvalue weighted by Crippen LogP contribution is 2.35. The molecule has 2 N–H and O–H groups in total. The Hall–Kier alpha value is -1.71. The van der Waals surface area contributed by atoms with Crippen LogP contribution in [0.25, 0.3) is 0 Å². The number of aromatic hydroxyl groups is 2. The molecule has 0 spiro atoms. The Kier molecular flexibility index (Phi) is 2.73. The summed E-state index contributed by atoms with van der Waals surface area (Å²) in [4.78, 5) is 11.7. The summed E-state index contributed by atoms with van der Waals surface area (Å²) in [6.07, 6.45) is 2.24. The molecule has 0 aromatic heterocycles. The first-order valence-electron chi connectivity index (χ1n) is 5.38. The molecule has 0 fully saturated rings. The fourth-order valence-electron chi connectivity index (χ4n) is 2.00. The van der Waals surface area contributed by atoms with E-state index in [1.54, 1.807) is 6.07 Å². The summed E-state index contributed by atoms with van der Waals surface area (Å²) in [7, 11) is 0. The van der Waals surface area contributed by atoms with E-state index in [0.29, 0.717) is 6.42 Å². The van der Waals surface area contributed by atoms with Crippen molar-refractivity contribution in [1.29, 1.82) is 0 Å². The monoisotopic (exact) mass is 222 g/mol. The number of hydrogen-bond donors (Lipinski definition) is 2. The van der Waals surface area contributed by atoms with Gasteiger partial charge in [-0.3, -0.25) is 0 Å². The van der Waals surface area contributed by atoms with Crippen LogP contribution in [0.3, 0.4) is 0 Å². The lowest BCUT2D eigenvalue weighted by molar-refractivity contribution is 0.0231. The number of fused-ring (bicyclic) bond motifs is 1. The Morgan fingerprint density at radius 2 is 2.19 bits per heavy atom. The lowest BCUT2D eigenvalue weighted by Crippen LogP contribution is -2.27. The molecule has 0 saturated heterocycles. The third-order valence-electron chi connectivity index (χ3n) is 2.78. The fourth-order valence-corrected chi connectivity index (χ4v) is 2.00. The van der Waals surface area contributed by atoms with Crippen molar-refractivity contribution in [3.8, 4) is 11.5 Å². The van der Waals surface area contributed by atoms with E-state index in [0.717, 1.165) is 18.4 Å². The molecule has 1 aromatic rings. The molecular weight excluding hydrogens is 208 g/mol. The molecule has 4 heteroatoms. The van der Waals surface area contributed by atoms with Gasteiger partial charge in [-0.1, -0.05) is 19.4 Å². The summed E-state index contributed by atoms with van der Waals surface area (Å²) >= 11 is 0. The molecule has 0 aliphatic carbocycles. The summed E-state index contributed by atoms with van der Waals surface area (Å²) in [5.74, 6) is -1.21. The predicted molar refractivity (Wildman–Crippen MR) is 57.6 cm³/mol. The zero-order valence-electron chi connectivity index (χ0n) is 9.06. The molecule has 0 saturated carbocycles. The van der Waals surface area contributed by atoms with Gasteiger partial charge in [-0.05, 0) is 18.1 Å². The summed E-state index contributed by atoms with van der Waals surface area (Å²) in [5, 5.41) is 18.9. The van der Waals surface area contributed by atoms with Crippen molar-refractivity contribution < 1.29 is 19.7 Å². The van der Waals surface area contributed by atoms with Gasteiger partial charge in [-0.25, -0.2) is 4.79 Å². The average molecular weight is 222 g/mol. The number of ether oxygens (including phenoxy) is 1. The Balaban J connectivity index is 2.38. The zero-order chi connectivity index (χ0) is 11.7. The minimum Gasteiger partial charge on any atom is -0.504 e. The largest absolute Gasteiger partial charge is 0.504 e. The highest BCUT2D eigenvalue weighted by molar-refractivity contribution is 5.96. The second-order valence-electron chi connectivity index (χ2n) is 3.99. The SMILES string of the molecule is CCC[C@@H]1Cc2ccc(O)c(O)c2C(=O)O1. The molecular formula is C12H14O4. The quantitative estimate of drug-likeness (QED) is 0.593. The molecule has 1 aliphatic heterocycles. The predicted octanol–water partition coefficient (Wildman–Crippen LogP) is 1.98. The van der Waals surface area contributed by atoms with Crippen molar-refractivity contribution in [3.05, 3.63) is 23.3 Å². The van der Waals surface area contributed by atoms with E-state index < -0.39 is 5.97 Å². The molecule has 0 radical (unpaired) electrons. The summed E-state index contributed by atoms with van der Waals surface area (Å²) in [6, 6.07) is 3.06. The highest BCUT2D eigenvalue weighted by atomic mass is 16.5. The van der Waals surface area contributed by atoms with Crippen LogP contribution in [0.1, 0.15) is 35.7 Å². The molecule has 4 nitrogen and oxygen atoms in total. The van der Waals surface area contributed by atoms with Crippen molar-refractivity contribution in [1.82, 2.24) is 0 Å². The third-order valence-corrected chi connectivity index (χ3v) is 2.78. The first-order valence-corrected chi connectivity index (χ1v) is 5.38. The first kappa shape index (κ1) is 10.8. The van der Waals surface area contributed by atoms with E-state index in [2.05, 4.69) is 0 Å². The number of cyclic esters (lactones) is 1. The molecule has 0 amide bonds. The Labute approximate surface area is 93.5 Å². The number of benzene rings is 1. The Morgan fingerprint density at radius 1 is 1.44 bits per heavy atom. The maximum Gasteiger partial charge on any atom is 0.342 e. The van der Waals surface area contributed by atoms with Crippen molar-refractivity contribution in [2.75, 3.05) is 0 Å². The second kappa shape index (κ2) is 4.04. The molecule has 1 aliphatic rings. The molecule has 0 unspecified atom stereocenters. The lowest BCUT2D eigenvalue weighted by Gasteiger charge is -2.24. The van der Waals surface area contributed by atoms with Crippen molar-refractivity contribution in [2.24, 2.45) is 0 Å². The maximum atomic E-state index is 11.7. The van der Waals surface area contributed by atoms with Crippen LogP contribution in [-0.2, 0) is 11.2 Å². The summed E-state index contributed by atoms with van der Waals surface area (Å²) < 4.78 is 5.18. The number of esters is 1. The number of phenolic OH excluding ortho intramolecular Hbond substituents is 2. The van der Waals surface area contributed by atoms with Crippen molar-refractivity contribution in [3.63, 3.8) is 0 Å². The molecule has 16 heavy (non-hydrogen) atoms. The molecule has 0 bridgehead atoms. The van der Waals surface area contributed by atoms with Gasteiger partial charge in [0.15, 0.2) is 11.5 Å². The average Bonchev–Trinajstić information content (AvgIpc) is 2.23. The van der Waals surface area contributed by atoms with Crippen LogP contribution in [0.5, 0.6) is 11.5 Å². The van der Waals surface area contributed by atoms with Crippen LogP contribution in [0.2, 0.25) is 0 Å². The fraction of sp³-hybridized carbons (Fsp3) is 0.417. The first-order chi connectivity index (χ1) is 7.63.